The average Bonchev–Trinajstić information content (AvgIpc) is 2.69. The Kier molecular flexibility index (Phi) is 10.6. The molecule has 0 radical (unpaired) electrons. The zero-order chi connectivity index (χ0) is 20.9. The fourth-order valence-corrected chi connectivity index (χ4v) is 2.22. The summed E-state index contributed by atoms with van der Waals surface area (Å²) in [5, 5.41) is 23.6. The fourth-order valence-electron chi connectivity index (χ4n) is 2.22. The second-order valence-corrected chi connectivity index (χ2v) is 5.99. The van der Waals surface area contributed by atoms with Crippen LogP contribution in [-0.4, -0.2) is 58.3 Å². The molecule has 0 fully saturated rings. The predicted molar refractivity (Wildman–Crippen MR) is 109 cm³/mol. The van der Waals surface area contributed by atoms with Crippen molar-refractivity contribution in [3.05, 3.63) is 57.2 Å². The quantitative estimate of drug-likeness (QED) is 0.425. The lowest BCUT2D eigenvalue weighted by atomic mass is 10.3. The first-order chi connectivity index (χ1) is 13.4. The smallest absolute Gasteiger partial charge is 0.332 e. The molecule has 9 nitrogen and oxygen atoms in total. The number of nitrogens with zero attached hydrogens (tertiary/aromatic N) is 2. The Morgan fingerprint density at radius 3 is 2.39 bits per heavy atom. The minimum atomic E-state index is -0.631. The second kappa shape index (κ2) is 12.7. The van der Waals surface area contributed by atoms with Crippen molar-refractivity contribution in [3.8, 4) is 5.75 Å². The summed E-state index contributed by atoms with van der Waals surface area (Å²) in [6.07, 6.45) is -0.631. The minimum absolute atomic E-state index is 0.202. The van der Waals surface area contributed by atoms with Crippen LogP contribution in [0.15, 0.2) is 46.0 Å². The van der Waals surface area contributed by atoms with Crippen LogP contribution in [0.4, 0.5) is 5.82 Å². The lowest BCUT2D eigenvalue weighted by Crippen LogP contribution is -2.38. The van der Waals surface area contributed by atoms with Gasteiger partial charge in [-0.3, -0.25) is 13.9 Å². The zero-order valence-corrected chi connectivity index (χ0v) is 16.6. The number of hydrogen-bond acceptors (Lipinski definition) is 7. The highest BCUT2D eigenvalue weighted by atomic mass is 16.5. The third kappa shape index (κ3) is 7.95. The number of hydrogen-bond donors (Lipinski definition) is 4. The molecule has 1 atom stereocenters. The Labute approximate surface area is 164 Å². The molecule has 2 rings (SSSR count). The summed E-state index contributed by atoms with van der Waals surface area (Å²) in [4.78, 5) is 23.4. The molecule has 0 bridgehead atoms. The van der Waals surface area contributed by atoms with E-state index in [9.17, 15) is 14.7 Å². The largest absolute Gasteiger partial charge is 0.491 e. The second-order valence-electron chi connectivity index (χ2n) is 5.99. The van der Waals surface area contributed by atoms with Crippen molar-refractivity contribution >= 4 is 5.82 Å². The number of aliphatic hydroxyl groups excluding tert-OH is 2. The van der Waals surface area contributed by atoms with Gasteiger partial charge in [0.15, 0.2) is 0 Å². The van der Waals surface area contributed by atoms with E-state index in [4.69, 9.17) is 9.84 Å². The maximum absolute atomic E-state index is 11.8. The maximum Gasteiger partial charge on any atom is 0.332 e. The number of nitrogens with one attached hydrogen (secondary N) is 2. The molecule has 28 heavy (non-hydrogen) atoms. The van der Waals surface area contributed by atoms with Crippen LogP contribution < -0.4 is 26.6 Å². The number of ether oxygens (including phenoxy) is 1. The Balaban J connectivity index is 0.00000122. The van der Waals surface area contributed by atoms with Crippen molar-refractivity contribution in [2.45, 2.75) is 13.0 Å². The average molecular weight is 394 g/mol. The first kappa shape index (κ1) is 23.4. The van der Waals surface area contributed by atoms with Gasteiger partial charge in [-0.05, 0) is 19.1 Å². The van der Waals surface area contributed by atoms with E-state index in [2.05, 4.69) is 10.6 Å². The molecule has 0 aliphatic rings. The molecule has 1 heterocycles. The van der Waals surface area contributed by atoms with Gasteiger partial charge in [0.1, 0.15) is 24.3 Å². The molecule has 1 aromatic carbocycles. The van der Waals surface area contributed by atoms with Crippen LogP contribution in [0.2, 0.25) is 0 Å². The van der Waals surface area contributed by atoms with Gasteiger partial charge in [-0.1, -0.05) is 18.2 Å². The van der Waals surface area contributed by atoms with Gasteiger partial charge >= 0.3 is 5.69 Å². The summed E-state index contributed by atoms with van der Waals surface area (Å²) in [6.45, 7) is 3.58. The van der Waals surface area contributed by atoms with Gasteiger partial charge in [0.25, 0.3) is 5.56 Å². The van der Waals surface area contributed by atoms with Crippen molar-refractivity contribution in [1.29, 1.82) is 0 Å². The van der Waals surface area contributed by atoms with E-state index >= 15 is 0 Å². The van der Waals surface area contributed by atoms with Crippen molar-refractivity contribution in [2.24, 2.45) is 14.1 Å². The van der Waals surface area contributed by atoms with Crippen molar-refractivity contribution < 1.29 is 14.9 Å². The predicted octanol–water partition coefficient (Wildman–Crippen LogP) is -0.476. The molecular weight excluding hydrogens is 364 g/mol. The SMILES string of the molecule is CCO.Cn1c(NCCNCC(O)COc2ccccc2)cc(=O)n(C)c1=O. The summed E-state index contributed by atoms with van der Waals surface area (Å²) in [5.74, 6) is 1.18. The summed E-state index contributed by atoms with van der Waals surface area (Å²) >= 11 is 0. The van der Waals surface area contributed by atoms with Crippen LogP contribution in [0, 0.1) is 0 Å². The van der Waals surface area contributed by atoms with E-state index in [1.807, 2.05) is 30.3 Å². The van der Waals surface area contributed by atoms with Crippen LogP contribution >= 0.6 is 0 Å². The van der Waals surface area contributed by atoms with Crippen LogP contribution in [-0.2, 0) is 14.1 Å². The maximum atomic E-state index is 11.8. The molecule has 4 N–H and O–H groups in total. The minimum Gasteiger partial charge on any atom is -0.491 e. The fraction of sp³-hybridized carbons (Fsp3) is 0.474. The highest BCUT2D eigenvalue weighted by molar-refractivity contribution is 5.33. The topological polar surface area (TPSA) is 118 Å². The van der Waals surface area contributed by atoms with E-state index in [0.717, 1.165) is 10.3 Å². The molecule has 0 aliphatic carbocycles. The molecule has 0 amide bonds. The van der Waals surface area contributed by atoms with Gasteiger partial charge in [-0.15, -0.1) is 0 Å². The molecule has 0 saturated carbocycles. The number of aliphatic hydroxyl groups is 2. The van der Waals surface area contributed by atoms with Gasteiger partial charge in [-0.2, -0.15) is 0 Å². The van der Waals surface area contributed by atoms with Crippen molar-refractivity contribution in [1.82, 2.24) is 14.5 Å². The summed E-state index contributed by atoms with van der Waals surface area (Å²) in [5.41, 5.74) is -0.733. The first-order valence-corrected chi connectivity index (χ1v) is 9.09. The van der Waals surface area contributed by atoms with E-state index in [1.54, 1.807) is 14.0 Å². The number of para-hydroxylation sites is 1. The van der Waals surface area contributed by atoms with E-state index in [1.165, 1.54) is 17.7 Å². The zero-order valence-electron chi connectivity index (χ0n) is 16.6. The van der Waals surface area contributed by atoms with Crippen molar-refractivity contribution in [3.63, 3.8) is 0 Å². The Hall–Kier alpha value is -2.62. The lowest BCUT2D eigenvalue weighted by Gasteiger charge is -2.14. The van der Waals surface area contributed by atoms with Crippen LogP contribution in [0.1, 0.15) is 6.92 Å². The van der Waals surface area contributed by atoms with Crippen molar-refractivity contribution in [2.75, 3.05) is 38.2 Å². The molecule has 9 heteroatoms. The normalized spacial score (nSPS) is 11.3. The third-order valence-corrected chi connectivity index (χ3v) is 3.70. The van der Waals surface area contributed by atoms with Gasteiger partial charge < -0.3 is 25.6 Å². The molecule has 0 saturated heterocycles. The number of anilines is 1. The summed E-state index contributed by atoms with van der Waals surface area (Å²) < 4.78 is 7.89. The van der Waals surface area contributed by atoms with Gasteiger partial charge in [0.2, 0.25) is 0 Å². The number of aromatic nitrogens is 2. The van der Waals surface area contributed by atoms with E-state index in [-0.39, 0.29) is 24.5 Å². The van der Waals surface area contributed by atoms with Gasteiger partial charge in [0.05, 0.1) is 0 Å². The monoisotopic (exact) mass is 394 g/mol. The molecule has 1 unspecified atom stereocenters. The van der Waals surface area contributed by atoms with Gasteiger partial charge in [0, 0.05) is 46.4 Å². The van der Waals surface area contributed by atoms with E-state index in [0.29, 0.717) is 25.5 Å². The number of benzene rings is 1. The third-order valence-electron chi connectivity index (χ3n) is 3.70. The standard InChI is InChI=1S/C17H24N4O4.C2H6O/c1-20-15(10-16(23)21(2)17(20)24)19-9-8-18-11-13(22)12-25-14-6-4-3-5-7-14;1-2-3/h3-7,10,13,18-19,22H,8-9,11-12H2,1-2H3;3H,2H2,1H3. The summed E-state index contributed by atoms with van der Waals surface area (Å²) in [6, 6.07) is 10.7. The highest BCUT2D eigenvalue weighted by Gasteiger charge is 2.06. The van der Waals surface area contributed by atoms with E-state index < -0.39 is 6.10 Å². The van der Waals surface area contributed by atoms with Crippen LogP contribution in [0.3, 0.4) is 0 Å². The Morgan fingerprint density at radius 2 is 1.75 bits per heavy atom. The molecule has 156 valence electrons. The Morgan fingerprint density at radius 1 is 1.11 bits per heavy atom. The lowest BCUT2D eigenvalue weighted by molar-refractivity contribution is 0.107. The van der Waals surface area contributed by atoms with Crippen LogP contribution in [0.25, 0.3) is 0 Å². The summed E-state index contributed by atoms with van der Waals surface area (Å²) in [7, 11) is 3.04. The van der Waals surface area contributed by atoms with Crippen LogP contribution in [0.5, 0.6) is 5.75 Å². The molecule has 0 spiro atoms. The number of rotatable bonds is 9. The molecular formula is C19H30N4O5. The van der Waals surface area contributed by atoms with Gasteiger partial charge in [-0.25, -0.2) is 4.79 Å². The Bertz CT molecular complexity index is 804. The first-order valence-electron chi connectivity index (χ1n) is 9.09. The molecule has 1 aromatic heterocycles. The molecule has 2 aromatic rings. The molecule has 0 aliphatic heterocycles. The highest BCUT2D eigenvalue weighted by Crippen LogP contribution is 2.08.